The largest absolute Gasteiger partial charge is 0.424 e. The zero-order valence-electron chi connectivity index (χ0n) is 11.9. The zero-order chi connectivity index (χ0) is 14.8. The predicted octanol–water partition coefficient (Wildman–Crippen LogP) is 1.31. The summed E-state index contributed by atoms with van der Waals surface area (Å²) in [6.07, 6.45) is 0.0360. The molecule has 3 atom stereocenters. The first-order valence-corrected chi connectivity index (χ1v) is 7.87. The van der Waals surface area contributed by atoms with Gasteiger partial charge in [-0.05, 0) is 34.1 Å². The van der Waals surface area contributed by atoms with Crippen LogP contribution in [0.4, 0.5) is 0 Å². The van der Waals surface area contributed by atoms with E-state index in [1.165, 1.54) is 0 Å². The first-order chi connectivity index (χ1) is 8.64. The van der Waals surface area contributed by atoms with Gasteiger partial charge in [-0.25, -0.2) is 4.79 Å². The minimum atomic E-state index is -1.25. The summed E-state index contributed by atoms with van der Waals surface area (Å²) in [5, 5.41) is 16.5. The fourth-order valence-electron chi connectivity index (χ4n) is 2.18. The summed E-state index contributed by atoms with van der Waals surface area (Å²) < 4.78 is 6.40. The van der Waals surface area contributed by atoms with Gasteiger partial charge in [0.15, 0.2) is 0 Å². The van der Waals surface area contributed by atoms with Gasteiger partial charge in [-0.2, -0.15) is 0 Å². The molecule has 1 rings (SSSR count). The number of carbonyl (C=O) groups is 1. The van der Waals surface area contributed by atoms with Crippen molar-refractivity contribution in [1.29, 1.82) is 0 Å². The molecule has 110 valence electrons. The number of halogens is 1. The molecule has 0 aromatic carbocycles. The lowest BCUT2D eigenvalue weighted by Crippen LogP contribution is -2.62. The van der Waals surface area contributed by atoms with Gasteiger partial charge in [-0.1, -0.05) is 29.2 Å². The van der Waals surface area contributed by atoms with Gasteiger partial charge in [0.1, 0.15) is 6.10 Å². The Morgan fingerprint density at radius 2 is 2.16 bits per heavy atom. The standard InChI is InChI=1S/C13H23IN2O3/c1-8(2)11(18)19-13(9(3)17)15-10(6-7-14)12(4,5)16-13/h9-10,15-17H,1,6-7H2,2-5H3. The summed E-state index contributed by atoms with van der Waals surface area (Å²) in [4.78, 5) is 11.8. The Kier molecular flexibility index (Phi) is 5.39. The number of aliphatic hydroxyl groups is 1. The van der Waals surface area contributed by atoms with E-state index >= 15 is 0 Å². The molecule has 6 heteroatoms. The molecule has 0 spiro atoms. The molecule has 0 amide bonds. The number of carbonyl (C=O) groups excluding carboxylic acids is 1. The van der Waals surface area contributed by atoms with E-state index < -0.39 is 17.9 Å². The van der Waals surface area contributed by atoms with Crippen molar-refractivity contribution < 1.29 is 14.6 Å². The van der Waals surface area contributed by atoms with Crippen molar-refractivity contribution >= 4 is 28.6 Å². The molecule has 3 N–H and O–H groups in total. The highest BCUT2D eigenvalue weighted by atomic mass is 127. The molecule has 1 aliphatic rings. The molecule has 0 aromatic heterocycles. The minimum absolute atomic E-state index is 0.108. The normalized spacial score (nSPS) is 30.9. The van der Waals surface area contributed by atoms with Crippen molar-refractivity contribution in [2.75, 3.05) is 4.43 Å². The van der Waals surface area contributed by atoms with Crippen molar-refractivity contribution in [3.8, 4) is 0 Å². The van der Waals surface area contributed by atoms with Crippen LogP contribution in [-0.4, -0.2) is 39.0 Å². The van der Waals surface area contributed by atoms with Gasteiger partial charge in [-0.15, -0.1) is 0 Å². The molecule has 1 aliphatic heterocycles. The predicted molar refractivity (Wildman–Crippen MR) is 83.0 cm³/mol. The van der Waals surface area contributed by atoms with Crippen LogP contribution in [0.15, 0.2) is 12.2 Å². The molecule has 0 aliphatic carbocycles. The maximum atomic E-state index is 11.8. The van der Waals surface area contributed by atoms with Gasteiger partial charge in [0.2, 0.25) is 5.85 Å². The van der Waals surface area contributed by atoms with Crippen LogP contribution in [0.25, 0.3) is 0 Å². The summed E-state index contributed by atoms with van der Waals surface area (Å²) in [7, 11) is 0. The molecule has 1 heterocycles. The number of ether oxygens (including phenoxy) is 1. The van der Waals surface area contributed by atoms with Gasteiger partial charge in [0.25, 0.3) is 0 Å². The second-order valence-electron chi connectivity index (χ2n) is 5.60. The summed E-state index contributed by atoms with van der Waals surface area (Å²) in [5.74, 6) is -1.78. The summed E-state index contributed by atoms with van der Waals surface area (Å²) in [6.45, 7) is 10.8. The molecular weight excluding hydrogens is 359 g/mol. The van der Waals surface area contributed by atoms with E-state index in [2.05, 4.69) is 39.8 Å². The Morgan fingerprint density at radius 3 is 2.58 bits per heavy atom. The highest BCUT2D eigenvalue weighted by Crippen LogP contribution is 2.29. The highest BCUT2D eigenvalue weighted by molar-refractivity contribution is 14.1. The summed E-state index contributed by atoms with van der Waals surface area (Å²) in [6, 6.07) is 0.108. The number of hydrogen-bond acceptors (Lipinski definition) is 5. The highest BCUT2D eigenvalue weighted by Gasteiger charge is 2.53. The molecule has 1 fully saturated rings. The third-order valence-corrected chi connectivity index (χ3v) is 3.98. The van der Waals surface area contributed by atoms with Gasteiger partial charge in [0, 0.05) is 21.6 Å². The molecular formula is C13H23IN2O3. The lowest BCUT2D eigenvalue weighted by Gasteiger charge is -2.33. The van der Waals surface area contributed by atoms with Crippen LogP contribution in [0.3, 0.4) is 0 Å². The minimum Gasteiger partial charge on any atom is -0.424 e. The van der Waals surface area contributed by atoms with Gasteiger partial charge >= 0.3 is 5.97 Å². The maximum absolute atomic E-state index is 11.8. The maximum Gasteiger partial charge on any atom is 0.335 e. The first-order valence-electron chi connectivity index (χ1n) is 6.34. The molecule has 5 nitrogen and oxygen atoms in total. The number of rotatable bonds is 5. The van der Waals surface area contributed by atoms with E-state index in [1.54, 1.807) is 13.8 Å². The van der Waals surface area contributed by atoms with Crippen LogP contribution in [-0.2, 0) is 9.53 Å². The van der Waals surface area contributed by atoms with Crippen molar-refractivity contribution in [2.24, 2.45) is 0 Å². The lowest BCUT2D eigenvalue weighted by atomic mass is 9.95. The van der Waals surface area contributed by atoms with E-state index in [-0.39, 0.29) is 11.6 Å². The number of nitrogens with one attached hydrogen (secondary N) is 2. The quantitative estimate of drug-likeness (QED) is 0.290. The van der Waals surface area contributed by atoms with Crippen molar-refractivity contribution in [3.63, 3.8) is 0 Å². The third-order valence-electron chi connectivity index (χ3n) is 3.36. The van der Waals surface area contributed by atoms with Gasteiger partial charge in [0.05, 0.1) is 0 Å². The van der Waals surface area contributed by atoms with Crippen LogP contribution in [0.2, 0.25) is 0 Å². The van der Waals surface area contributed by atoms with Gasteiger partial charge in [-0.3, -0.25) is 10.6 Å². The van der Waals surface area contributed by atoms with Crippen LogP contribution in [0.1, 0.15) is 34.1 Å². The Balaban J connectivity index is 2.97. The Bertz CT molecular complexity index is 371. The molecule has 0 aromatic rings. The average Bonchev–Trinajstić information content (AvgIpc) is 2.51. The average molecular weight is 382 g/mol. The lowest BCUT2D eigenvalue weighted by molar-refractivity contribution is -0.177. The third kappa shape index (κ3) is 3.68. The van der Waals surface area contributed by atoms with Crippen LogP contribution < -0.4 is 10.6 Å². The molecule has 1 saturated heterocycles. The summed E-state index contributed by atoms with van der Waals surface area (Å²) in [5.41, 5.74) is 0.0242. The number of aliphatic hydroxyl groups excluding tert-OH is 1. The molecule has 3 unspecified atom stereocenters. The zero-order valence-corrected chi connectivity index (χ0v) is 14.1. The monoisotopic (exact) mass is 382 g/mol. The summed E-state index contributed by atoms with van der Waals surface area (Å²) >= 11 is 2.31. The van der Waals surface area contributed by atoms with Crippen LogP contribution in [0, 0.1) is 0 Å². The molecule has 0 bridgehead atoms. The molecule has 0 saturated carbocycles. The van der Waals surface area contributed by atoms with Gasteiger partial charge < -0.3 is 9.84 Å². The van der Waals surface area contributed by atoms with Crippen molar-refractivity contribution in [1.82, 2.24) is 10.6 Å². The van der Waals surface area contributed by atoms with Crippen molar-refractivity contribution in [2.45, 2.75) is 57.6 Å². The van der Waals surface area contributed by atoms with E-state index in [0.717, 1.165) is 10.8 Å². The first kappa shape index (κ1) is 16.9. The number of esters is 1. The SMILES string of the molecule is C=C(C)C(=O)OC1(C(C)O)NC(CCI)C(C)(C)N1. The van der Waals surface area contributed by atoms with Crippen LogP contribution >= 0.6 is 22.6 Å². The Hall–Kier alpha value is -0.180. The fraction of sp³-hybridized carbons (Fsp3) is 0.769. The van der Waals surface area contributed by atoms with E-state index in [9.17, 15) is 9.90 Å². The number of hydrogen-bond donors (Lipinski definition) is 3. The molecule has 19 heavy (non-hydrogen) atoms. The number of alkyl halides is 1. The topological polar surface area (TPSA) is 70.6 Å². The van der Waals surface area contributed by atoms with Crippen LogP contribution in [0.5, 0.6) is 0 Å². The fourth-order valence-corrected chi connectivity index (χ4v) is 2.80. The second kappa shape index (κ2) is 6.07. The Labute approximate surface area is 128 Å². The smallest absolute Gasteiger partial charge is 0.335 e. The molecule has 0 radical (unpaired) electrons. The Morgan fingerprint density at radius 1 is 1.58 bits per heavy atom. The van der Waals surface area contributed by atoms with E-state index in [0.29, 0.717) is 5.57 Å². The van der Waals surface area contributed by atoms with E-state index in [4.69, 9.17) is 4.74 Å². The second-order valence-corrected chi connectivity index (χ2v) is 6.68. The van der Waals surface area contributed by atoms with Crippen molar-refractivity contribution in [3.05, 3.63) is 12.2 Å². The van der Waals surface area contributed by atoms with E-state index in [1.807, 2.05) is 13.8 Å².